The van der Waals surface area contributed by atoms with E-state index in [4.69, 9.17) is 9.47 Å². The van der Waals surface area contributed by atoms with Crippen LogP contribution < -0.4 is 9.47 Å². The molecule has 2 fully saturated rings. The average molecular weight is 334 g/mol. The van der Waals surface area contributed by atoms with Crippen molar-refractivity contribution in [3.63, 3.8) is 0 Å². The molecule has 3 heterocycles. The predicted octanol–water partition coefficient (Wildman–Crippen LogP) is 1.61. The highest BCUT2D eigenvalue weighted by Crippen LogP contribution is 2.39. The quantitative estimate of drug-likeness (QED) is 0.840. The molecule has 4 rings (SSSR count). The van der Waals surface area contributed by atoms with E-state index in [0.717, 1.165) is 36.4 Å². The molecule has 1 aromatic carbocycles. The summed E-state index contributed by atoms with van der Waals surface area (Å²) in [6, 6.07) is 5.93. The van der Waals surface area contributed by atoms with Gasteiger partial charge in [0.25, 0.3) is 0 Å². The molecule has 0 spiro atoms. The van der Waals surface area contributed by atoms with Gasteiger partial charge in [-0.25, -0.2) is 0 Å². The Morgan fingerprint density at radius 3 is 3.00 bits per heavy atom. The van der Waals surface area contributed by atoms with Crippen LogP contribution in [0.1, 0.15) is 24.4 Å². The van der Waals surface area contributed by atoms with Crippen molar-refractivity contribution in [3.8, 4) is 11.5 Å². The molecule has 6 nitrogen and oxygen atoms in total. The van der Waals surface area contributed by atoms with Gasteiger partial charge >= 0.3 is 0 Å². The molecule has 1 atom stereocenters. The third kappa shape index (κ3) is 2.73. The van der Waals surface area contributed by atoms with Crippen LogP contribution >= 0.6 is 11.8 Å². The SMILES string of the molecule is O=C1CSCN1CC(=O)N1CCC[C@@H]1c1ccc2c(c1)OCO2. The first-order valence-corrected chi connectivity index (χ1v) is 8.92. The smallest absolute Gasteiger partial charge is 0.242 e. The Bertz CT molecular complexity index is 651. The Labute approximate surface area is 138 Å². The van der Waals surface area contributed by atoms with Crippen LogP contribution in [0.2, 0.25) is 0 Å². The Morgan fingerprint density at radius 2 is 2.17 bits per heavy atom. The topological polar surface area (TPSA) is 59.1 Å². The molecule has 2 saturated heterocycles. The van der Waals surface area contributed by atoms with Crippen molar-refractivity contribution >= 4 is 23.6 Å². The number of nitrogens with zero attached hydrogens (tertiary/aromatic N) is 2. The molecule has 0 aromatic heterocycles. The van der Waals surface area contributed by atoms with Crippen molar-refractivity contribution in [2.75, 3.05) is 31.5 Å². The van der Waals surface area contributed by atoms with E-state index in [1.165, 1.54) is 0 Å². The third-order valence-corrected chi connectivity index (χ3v) is 5.45. The largest absolute Gasteiger partial charge is 0.454 e. The Balaban J connectivity index is 1.50. The van der Waals surface area contributed by atoms with Crippen molar-refractivity contribution in [2.24, 2.45) is 0 Å². The minimum atomic E-state index is 0.0287. The second-order valence-electron chi connectivity index (χ2n) is 5.93. The lowest BCUT2D eigenvalue weighted by molar-refractivity contribution is -0.138. The summed E-state index contributed by atoms with van der Waals surface area (Å²) in [5.74, 6) is 2.69. The van der Waals surface area contributed by atoms with Crippen LogP contribution in [0, 0.1) is 0 Å². The fourth-order valence-electron chi connectivity index (χ4n) is 3.33. The van der Waals surface area contributed by atoms with Gasteiger partial charge in [-0.3, -0.25) is 9.59 Å². The van der Waals surface area contributed by atoms with Gasteiger partial charge < -0.3 is 19.3 Å². The van der Waals surface area contributed by atoms with Gasteiger partial charge in [-0.05, 0) is 30.5 Å². The zero-order valence-electron chi connectivity index (χ0n) is 12.7. The number of likely N-dealkylation sites (tertiary alicyclic amines) is 1. The van der Waals surface area contributed by atoms with Gasteiger partial charge in [0.1, 0.15) is 6.54 Å². The maximum Gasteiger partial charge on any atom is 0.242 e. The van der Waals surface area contributed by atoms with Gasteiger partial charge in [0.05, 0.1) is 17.7 Å². The maximum absolute atomic E-state index is 12.6. The Kier molecular flexibility index (Phi) is 3.80. The van der Waals surface area contributed by atoms with Gasteiger partial charge in [0.2, 0.25) is 18.6 Å². The van der Waals surface area contributed by atoms with E-state index in [1.54, 1.807) is 16.7 Å². The standard InChI is InChI=1S/C16H18N2O4S/c19-15(7-17-9-23-8-16(17)20)18-5-1-2-12(18)11-3-4-13-14(6-11)22-10-21-13/h3-4,6,12H,1-2,5,7-10H2/t12-/m1/s1. The lowest BCUT2D eigenvalue weighted by Gasteiger charge is -2.27. The van der Waals surface area contributed by atoms with Crippen molar-refractivity contribution in [1.29, 1.82) is 0 Å². The molecule has 122 valence electrons. The normalized spacial score (nSPS) is 23.0. The zero-order chi connectivity index (χ0) is 15.8. The zero-order valence-corrected chi connectivity index (χ0v) is 13.5. The van der Waals surface area contributed by atoms with Crippen LogP contribution in [0.3, 0.4) is 0 Å². The van der Waals surface area contributed by atoms with E-state index in [-0.39, 0.29) is 31.2 Å². The molecule has 0 unspecified atom stereocenters. The molecule has 0 aliphatic carbocycles. The summed E-state index contributed by atoms with van der Waals surface area (Å²) < 4.78 is 10.8. The number of carbonyl (C=O) groups excluding carboxylic acids is 2. The fourth-order valence-corrected chi connectivity index (χ4v) is 4.23. The Hall–Kier alpha value is -1.89. The summed E-state index contributed by atoms with van der Waals surface area (Å²) in [5.41, 5.74) is 1.07. The fraction of sp³-hybridized carbons (Fsp3) is 0.500. The summed E-state index contributed by atoms with van der Waals surface area (Å²) in [7, 11) is 0. The number of ether oxygens (including phenoxy) is 2. The number of fused-ring (bicyclic) bond motifs is 1. The van der Waals surface area contributed by atoms with E-state index in [1.807, 2.05) is 23.1 Å². The first kappa shape index (κ1) is 14.7. The number of carbonyl (C=O) groups is 2. The van der Waals surface area contributed by atoms with Crippen molar-refractivity contribution < 1.29 is 19.1 Å². The number of benzene rings is 1. The van der Waals surface area contributed by atoms with Gasteiger partial charge in [0.15, 0.2) is 11.5 Å². The number of amides is 2. The highest BCUT2D eigenvalue weighted by atomic mass is 32.2. The first-order chi connectivity index (χ1) is 11.2. The summed E-state index contributed by atoms with van der Waals surface area (Å²) in [5, 5.41) is 0. The lowest BCUT2D eigenvalue weighted by atomic mass is 10.0. The van der Waals surface area contributed by atoms with Crippen LogP contribution in [0.25, 0.3) is 0 Å². The molecule has 3 aliphatic rings. The summed E-state index contributed by atoms with van der Waals surface area (Å²) in [4.78, 5) is 27.9. The van der Waals surface area contributed by atoms with E-state index in [9.17, 15) is 9.59 Å². The molecule has 0 radical (unpaired) electrons. The second-order valence-corrected chi connectivity index (χ2v) is 6.88. The number of hydrogen-bond acceptors (Lipinski definition) is 5. The van der Waals surface area contributed by atoms with Crippen molar-refractivity contribution in [1.82, 2.24) is 9.80 Å². The molecule has 3 aliphatic heterocycles. The highest BCUT2D eigenvalue weighted by Gasteiger charge is 2.33. The lowest BCUT2D eigenvalue weighted by Crippen LogP contribution is -2.40. The molecular weight excluding hydrogens is 316 g/mol. The monoisotopic (exact) mass is 334 g/mol. The summed E-state index contributed by atoms with van der Waals surface area (Å²) >= 11 is 1.56. The summed E-state index contributed by atoms with van der Waals surface area (Å²) in [6.45, 7) is 1.18. The minimum Gasteiger partial charge on any atom is -0.454 e. The molecule has 0 bridgehead atoms. The van der Waals surface area contributed by atoms with Crippen LogP contribution in [0.5, 0.6) is 11.5 Å². The maximum atomic E-state index is 12.6. The highest BCUT2D eigenvalue weighted by molar-refractivity contribution is 8.00. The Morgan fingerprint density at radius 1 is 1.30 bits per heavy atom. The molecule has 0 saturated carbocycles. The van der Waals surface area contributed by atoms with Crippen molar-refractivity contribution in [2.45, 2.75) is 18.9 Å². The van der Waals surface area contributed by atoms with Gasteiger partial charge in [0, 0.05) is 6.54 Å². The minimum absolute atomic E-state index is 0.0287. The van der Waals surface area contributed by atoms with E-state index in [0.29, 0.717) is 11.6 Å². The first-order valence-electron chi connectivity index (χ1n) is 7.77. The van der Waals surface area contributed by atoms with E-state index in [2.05, 4.69) is 0 Å². The van der Waals surface area contributed by atoms with Gasteiger partial charge in [-0.2, -0.15) is 0 Å². The third-order valence-electron chi connectivity index (χ3n) is 4.51. The number of hydrogen-bond donors (Lipinski definition) is 0. The molecule has 2 amide bonds. The van der Waals surface area contributed by atoms with Crippen LogP contribution in [-0.2, 0) is 9.59 Å². The van der Waals surface area contributed by atoms with Gasteiger partial charge in [-0.15, -0.1) is 11.8 Å². The summed E-state index contributed by atoms with van der Waals surface area (Å²) in [6.07, 6.45) is 1.92. The number of thioether (sulfide) groups is 1. The van der Waals surface area contributed by atoms with Crippen LogP contribution in [0.4, 0.5) is 0 Å². The molecule has 23 heavy (non-hydrogen) atoms. The second kappa shape index (κ2) is 5.96. The van der Waals surface area contributed by atoms with Crippen molar-refractivity contribution in [3.05, 3.63) is 23.8 Å². The number of rotatable bonds is 3. The van der Waals surface area contributed by atoms with E-state index < -0.39 is 0 Å². The van der Waals surface area contributed by atoms with Crippen LogP contribution in [-0.4, -0.2) is 53.1 Å². The molecular formula is C16H18N2O4S. The average Bonchev–Trinajstić information content (AvgIpc) is 3.27. The molecule has 0 N–H and O–H groups in total. The van der Waals surface area contributed by atoms with Gasteiger partial charge in [-0.1, -0.05) is 6.07 Å². The van der Waals surface area contributed by atoms with Crippen LogP contribution in [0.15, 0.2) is 18.2 Å². The van der Waals surface area contributed by atoms with E-state index >= 15 is 0 Å². The molecule has 7 heteroatoms. The predicted molar refractivity (Wildman–Crippen MR) is 85.3 cm³/mol. The molecule has 1 aromatic rings.